The second kappa shape index (κ2) is 5.37. The van der Waals surface area contributed by atoms with Crippen molar-refractivity contribution in [3.05, 3.63) is 40.3 Å². The van der Waals surface area contributed by atoms with Gasteiger partial charge in [-0.2, -0.15) is 0 Å². The first-order chi connectivity index (χ1) is 9.68. The summed E-state index contributed by atoms with van der Waals surface area (Å²) in [6.45, 7) is 0. The number of para-hydroxylation sites is 2. The molecule has 1 aliphatic rings. The lowest BCUT2D eigenvalue weighted by molar-refractivity contribution is 0.0798. The van der Waals surface area contributed by atoms with Crippen molar-refractivity contribution < 1.29 is 5.11 Å². The van der Waals surface area contributed by atoms with Crippen LogP contribution in [0.25, 0.3) is 11.0 Å². The van der Waals surface area contributed by atoms with Crippen LogP contribution >= 0.6 is 0 Å². The molecule has 1 aliphatic carbocycles. The molecular formula is C16H20N2O2. The molecule has 0 bridgehead atoms. The maximum Gasteiger partial charge on any atom is 0.275 e. The van der Waals surface area contributed by atoms with Gasteiger partial charge < -0.3 is 9.67 Å². The van der Waals surface area contributed by atoms with Crippen molar-refractivity contribution >= 4 is 11.0 Å². The minimum Gasteiger partial charge on any atom is -0.386 e. The van der Waals surface area contributed by atoms with E-state index in [1.807, 2.05) is 24.3 Å². The molecule has 0 aliphatic heterocycles. The van der Waals surface area contributed by atoms with E-state index in [4.69, 9.17) is 0 Å². The molecule has 1 N–H and O–H groups in total. The highest BCUT2D eigenvalue weighted by atomic mass is 16.3. The Balaban J connectivity index is 2.06. The molecule has 1 aromatic carbocycles. The van der Waals surface area contributed by atoms with E-state index in [2.05, 4.69) is 4.98 Å². The van der Waals surface area contributed by atoms with Crippen LogP contribution in [0.4, 0.5) is 0 Å². The van der Waals surface area contributed by atoms with Gasteiger partial charge in [0.25, 0.3) is 5.56 Å². The van der Waals surface area contributed by atoms with E-state index in [9.17, 15) is 9.90 Å². The molecule has 4 heteroatoms. The molecule has 1 unspecified atom stereocenters. The molecular weight excluding hydrogens is 252 g/mol. The van der Waals surface area contributed by atoms with Crippen molar-refractivity contribution in [1.29, 1.82) is 0 Å². The van der Waals surface area contributed by atoms with Crippen molar-refractivity contribution in [3.63, 3.8) is 0 Å². The summed E-state index contributed by atoms with van der Waals surface area (Å²) < 4.78 is 1.59. The molecule has 3 rings (SSSR count). The van der Waals surface area contributed by atoms with E-state index < -0.39 is 6.10 Å². The van der Waals surface area contributed by atoms with Gasteiger partial charge in [0.05, 0.1) is 11.0 Å². The van der Waals surface area contributed by atoms with Gasteiger partial charge in [-0.25, -0.2) is 4.98 Å². The van der Waals surface area contributed by atoms with Crippen LogP contribution in [0.1, 0.15) is 43.9 Å². The Kier molecular flexibility index (Phi) is 3.57. The largest absolute Gasteiger partial charge is 0.386 e. The molecule has 20 heavy (non-hydrogen) atoms. The van der Waals surface area contributed by atoms with Crippen molar-refractivity contribution in [2.45, 2.75) is 38.2 Å². The summed E-state index contributed by atoms with van der Waals surface area (Å²) in [4.78, 5) is 16.8. The van der Waals surface area contributed by atoms with E-state index in [0.29, 0.717) is 5.69 Å². The van der Waals surface area contributed by atoms with E-state index in [0.717, 1.165) is 36.7 Å². The summed E-state index contributed by atoms with van der Waals surface area (Å²) in [7, 11) is 1.74. The van der Waals surface area contributed by atoms with Crippen LogP contribution in [-0.2, 0) is 7.05 Å². The maximum absolute atomic E-state index is 12.4. The third-order valence-electron chi connectivity index (χ3n) is 4.38. The monoisotopic (exact) mass is 272 g/mol. The fourth-order valence-electron chi connectivity index (χ4n) is 3.17. The molecule has 1 fully saturated rings. The predicted octanol–water partition coefficient (Wildman–Crippen LogP) is 2.55. The standard InChI is InChI=1S/C16H20N2O2/c1-18-13-10-6-5-9-12(13)17-14(16(18)20)15(19)11-7-3-2-4-8-11/h5-6,9-11,15,19H,2-4,7-8H2,1H3. The van der Waals surface area contributed by atoms with Gasteiger partial charge in [0, 0.05) is 7.05 Å². The second-order valence-corrected chi connectivity index (χ2v) is 5.69. The second-order valence-electron chi connectivity index (χ2n) is 5.69. The van der Waals surface area contributed by atoms with Crippen LogP contribution in [0.15, 0.2) is 29.1 Å². The first-order valence-corrected chi connectivity index (χ1v) is 7.32. The molecule has 0 amide bonds. The zero-order valence-corrected chi connectivity index (χ0v) is 11.7. The summed E-state index contributed by atoms with van der Waals surface area (Å²) in [5.41, 5.74) is 1.69. The van der Waals surface area contributed by atoms with E-state index in [-0.39, 0.29) is 11.5 Å². The lowest BCUT2D eigenvalue weighted by Gasteiger charge is -2.26. The van der Waals surface area contributed by atoms with Gasteiger partial charge in [0.1, 0.15) is 11.8 Å². The average Bonchev–Trinajstić information content (AvgIpc) is 2.51. The van der Waals surface area contributed by atoms with Crippen LogP contribution in [0.5, 0.6) is 0 Å². The topological polar surface area (TPSA) is 55.1 Å². The molecule has 1 heterocycles. The fourth-order valence-corrected chi connectivity index (χ4v) is 3.17. The Bertz CT molecular complexity index is 672. The summed E-state index contributed by atoms with van der Waals surface area (Å²) in [5.74, 6) is 0.171. The first kappa shape index (κ1) is 13.3. The number of benzene rings is 1. The van der Waals surface area contributed by atoms with Crippen molar-refractivity contribution in [1.82, 2.24) is 9.55 Å². The number of nitrogens with zero attached hydrogens (tertiary/aromatic N) is 2. The predicted molar refractivity (Wildman–Crippen MR) is 78.5 cm³/mol. The number of aromatic nitrogens is 2. The summed E-state index contributed by atoms with van der Waals surface area (Å²) >= 11 is 0. The van der Waals surface area contributed by atoms with Crippen LogP contribution in [0.2, 0.25) is 0 Å². The minimum absolute atomic E-state index is 0.171. The van der Waals surface area contributed by atoms with E-state index in [1.165, 1.54) is 6.42 Å². The SMILES string of the molecule is Cn1c(=O)c(C(O)C2CCCCC2)nc2ccccc21. The molecule has 1 atom stereocenters. The Morgan fingerprint density at radius 1 is 1.25 bits per heavy atom. The van der Waals surface area contributed by atoms with Gasteiger partial charge in [0.2, 0.25) is 0 Å². The summed E-state index contributed by atoms with van der Waals surface area (Å²) in [6, 6.07) is 7.55. The zero-order chi connectivity index (χ0) is 14.1. The Morgan fingerprint density at radius 3 is 2.70 bits per heavy atom. The number of rotatable bonds is 2. The quantitative estimate of drug-likeness (QED) is 0.914. The molecule has 106 valence electrons. The summed E-state index contributed by atoms with van der Waals surface area (Å²) in [6.07, 6.45) is 4.73. The Morgan fingerprint density at radius 2 is 1.95 bits per heavy atom. The highest BCUT2D eigenvalue weighted by Crippen LogP contribution is 2.32. The van der Waals surface area contributed by atoms with E-state index >= 15 is 0 Å². The molecule has 0 radical (unpaired) electrons. The van der Waals surface area contributed by atoms with Crippen LogP contribution in [-0.4, -0.2) is 14.7 Å². The maximum atomic E-state index is 12.4. The van der Waals surface area contributed by atoms with Gasteiger partial charge in [-0.3, -0.25) is 4.79 Å². The number of hydrogen-bond donors (Lipinski definition) is 1. The smallest absolute Gasteiger partial charge is 0.275 e. The van der Waals surface area contributed by atoms with Gasteiger partial charge in [-0.1, -0.05) is 31.4 Å². The Labute approximate surface area is 118 Å². The van der Waals surface area contributed by atoms with Crippen LogP contribution < -0.4 is 5.56 Å². The highest BCUT2D eigenvalue weighted by Gasteiger charge is 2.27. The van der Waals surface area contributed by atoms with Gasteiger partial charge in [-0.15, -0.1) is 0 Å². The molecule has 1 aromatic heterocycles. The molecule has 2 aromatic rings. The van der Waals surface area contributed by atoms with Crippen LogP contribution in [0, 0.1) is 5.92 Å². The molecule has 0 spiro atoms. The normalized spacial score (nSPS) is 18.3. The molecule has 0 saturated heterocycles. The van der Waals surface area contributed by atoms with Crippen molar-refractivity contribution in [3.8, 4) is 0 Å². The Hall–Kier alpha value is -1.68. The van der Waals surface area contributed by atoms with Crippen molar-refractivity contribution in [2.24, 2.45) is 13.0 Å². The van der Waals surface area contributed by atoms with E-state index in [1.54, 1.807) is 11.6 Å². The number of aliphatic hydroxyl groups is 1. The first-order valence-electron chi connectivity index (χ1n) is 7.32. The fraction of sp³-hybridized carbons (Fsp3) is 0.500. The lowest BCUT2D eigenvalue weighted by atomic mass is 9.84. The third-order valence-corrected chi connectivity index (χ3v) is 4.38. The number of aryl methyl sites for hydroxylation is 1. The third kappa shape index (κ3) is 2.24. The lowest BCUT2D eigenvalue weighted by Crippen LogP contribution is -2.29. The molecule has 1 saturated carbocycles. The zero-order valence-electron chi connectivity index (χ0n) is 11.7. The molecule has 4 nitrogen and oxygen atoms in total. The van der Waals surface area contributed by atoms with Crippen LogP contribution in [0.3, 0.4) is 0 Å². The highest BCUT2D eigenvalue weighted by molar-refractivity contribution is 5.74. The van der Waals surface area contributed by atoms with Gasteiger partial charge in [0.15, 0.2) is 0 Å². The van der Waals surface area contributed by atoms with Gasteiger partial charge in [-0.05, 0) is 30.9 Å². The summed E-state index contributed by atoms with van der Waals surface area (Å²) in [5, 5.41) is 10.5. The van der Waals surface area contributed by atoms with Crippen molar-refractivity contribution in [2.75, 3.05) is 0 Å². The number of aliphatic hydroxyl groups excluding tert-OH is 1. The van der Waals surface area contributed by atoms with Gasteiger partial charge >= 0.3 is 0 Å². The average molecular weight is 272 g/mol. The number of fused-ring (bicyclic) bond motifs is 1. The minimum atomic E-state index is -0.737. The number of hydrogen-bond acceptors (Lipinski definition) is 3.